The lowest BCUT2D eigenvalue weighted by atomic mass is 10.3. The van der Waals surface area contributed by atoms with Gasteiger partial charge in [-0.3, -0.25) is 0 Å². The first-order chi connectivity index (χ1) is 8.11. The molecule has 90 valence electrons. The Hall–Kier alpha value is -1.09. The van der Waals surface area contributed by atoms with E-state index in [2.05, 4.69) is 21.9 Å². The number of rotatable bonds is 1. The largest absolute Gasteiger partial charge is 0.352 e. The molecule has 1 saturated heterocycles. The zero-order chi connectivity index (χ0) is 12.4. The molecule has 5 nitrogen and oxygen atoms in total. The van der Waals surface area contributed by atoms with E-state index in [0.717, 1.165) is 26.2 Å². The van der Waals surface area contributed by atoms with Gasteiger partial charge < -0.3 is 9.80 Å². The predicted molar refractivity (Wildman–Crippen MR) is 66.5 cm³/mol. The van der Waals surface area contributed by atoms with Gasteiger partial charge in [-0.2, -0.15) is 5.26 Å². The molecule has 0 bridgehead atoms. The monoisotopic (exact) mass is 271 g/mol. The zero-order valence-electron chi connectivity index (χ0n) is 9.32. The van der Waals surface area contributed by atoms with Crippen LogP contribution >= 0.6 is 23.2 Å². The van der Waals surface area contributed by atoms with Crippen LogP contribution in [0.1, 0.15) is 5.69 Å². The van der Waals surface area contributed by atoms with E-state index >= 15 is 0 Å². The number of halogens is 2. The zero-order valence-corrected chi connectivity index (χ0v) is 10.8. The second kappa shape index (κ2) is 5.05. The topological polar surface area (TPSA) is 56.1 Å². The highest BCUT2D eigenvalue weighted by Crippen LogP contribution is 2.24. The second-order valence-corrected chi connectivity index (χ2v) is 4.60. The maximum atomic E-state index is 9.03. The highest BCUT2D eigenvalue weighted by Gasteiger charge is 2.20. The summed E-state index contributed by atoms with van der Waals surface area (Å²) in [7, 11) is 2.06. The van der Waals surface area contributed by atoms with Gasteiger partial charge in [-0.05, 0) is 7.05 Å². The number of hydrogen-bond donors (Lipinski definition) is 0. The number of nitrogens with zero attached hydrogens (tertiary/aromatic N) is 5. The lowest BCUT2D eigenvalue weighted by Gasteiger charge is -2.33. The second-order valence-electron chi connectivity index (χ2n) is 3.88. The fourth-order valence-corrected chi connectivity index (χ4v) is 1.95. The van der Waals surface area contributed by atoms with Crippen LogP contribution in [0.4, 0.5) is 5.82 Å². The predicted octanol–water partition coefficient (Wildman–Crippen LogP) is 1.41. The molecule has 1 fully saturated rings. The van der Waals surface area contributed by atoms with Crippen LogP contribution in [0.25, 0.3) is 0 Å². The number of likely N-dealkylation sites (N-methyl/N-ethyl adjacent to an activating group) is 1. The molecule has 1 aliphatic rings. The summed E-state index contributed by atoms with van der Waals surface area (Å²) in [6.07, 6.45) is 0. The summed E-state index contributed by atoms with van der Waals surface area (Å²) in [5.74, 6) is 0.523. The molecule has 1 aliphatic heterocycles. The van der Waals surface area contributed by atoms with E-state index in [1.165, 1.54) is 0 Å². The number of anilines is 1. The van der Waals surface area contributed by atoms with Gasteiger partial charge in [0.1, 0.15) is 6.07 Å². The fraction of sp³-hybridized carbons (Fsp3) is 0.500. The molecule has 0 aliphatic carbocycles. The fourth-order valence-electron chi connectivity index (χ4n) is 1.70. The first-order valence-corrected chi connectivity index (χ1v) is 5.94. The third-order valence-corrected chi connectivity index (χ3v) is 3.33. The Morgan fingerprint density at radius 1 is 1.12 bits per heavy atom. The summed E-state index contributed by atoms with van der Waals surface area (Å²) < 4.78 is 0. The van der Waals surface area contributed by atoms with Crippen molar-refractivity contribution in [1.29, 1.82) is 5.26 Å². The summed E-state index contributed by atoms with van der Waals surface area (Å²) in [6.45, 7) is 3.45. The quantitative estimate of drug-likeness (QED) is 0.773. The number of nitriles is 1. The molecule has 0 atom stereocenters. The van der Waals surface area contributed by atoms with Crippen molar-refractivity contribution in [3.8, 4) is 6.07 Å². The highest BCUT2D eigenvalue weighted by atomic mass is 35.5. The van der Waals surface area contributed by atoms with Gasteiger partial charge in [-0.1, -0.05) is 23.2 Å². The van der Waals surface area contributed by atoms with Crippen molar-refractivity contribution in [1.82, 2.24) is 14.9 Å². The first kappa shape index (κ1) is 12.4. The van der Waals surface area contributed by atoms with Crippen molar-refractivity contribution < 1.29 is 0 Å². The highest BCUT2D eigenvalue weighted by molar-refractivity contribution is 6.40. The minimum atomic E-state index is 0.0705. The van der Waals surface area contributed by atoms with E-state index in [0.29, 0.717) is 5.82 Å². The lowest BCUT2D eigenvalue weighted by molar-refractivity contribution is 0.312. The van der Waals surface area contributed by atoms with Gasteiger partial charge in [0.2, 0.25) is 0 Å². The third kappa shape index (κ3) is 2.60. The van der Waals surface area contributed by atoms with Crippen LogP contribution in [-0.4, -0.2) is 48.1 Å². The van der Waals surface area contributed by atoms with Crippen LogP contribution in [0.3, 0.4) is 0 Å². The van der Waals surface area contributed by atoms with Crippen molar-refractivity contribution in [3.63, 3.8) is 0 Å². The standard InChI is InChI=1S/C10H11Cl2N5/c1-16-2-4-17(5-3-16)10-7(6-13)14-8(11)9(12)15-10/h2-5H2,1H3. The van der Waals surface area contributed by atoms with Gasteiger partial charge in [0, 0.05) is 26.2 Å². The molecule has 2 heterocycles. The van der Waals surface area contributed by atoms with Crippen molar-refractivity contribution in [2.75, 3.05) is 38.1 Å². The third-order valence-electron chi connectivity index (χ3n) is 2.70. The Morgan fingerprint density at radius 3 is 2.29 bits per heavy atom. The molecule has 0 aromatic carbocycles. The molecule has 0 spiro atoms. The summed E-state index contributed by atoms with van der Waals surface area (Å²) >= 11 is 11.6. The molecular weight excluding hydrogens is 261 g/mol. The molecule has 0 radical (unpaired) electrons. The molecule has 7 heteroatoms. The summed E-state index contributed by atoms with van der Waals surface area (Å²) in [6, 6.07) is 2.00. The smallest absolute Gasteiger partial charge is 0.184 e. The van der Waals surface area contributed by atoms with E-state index in [1.807, 2.05) is 11.0 Å². The van der Waals surface area contributed by atoms with Gasteiger partial charge in [0.15, 0.2) is 21.8 Å². The van der Waals surface area contributed by atoms with E-state index in [1.54, 1.807) is 0 Å². The molecule has 1 aromatic heterocycles. The average molecular weight is 272 g/mol. The van der Waals surface area contributed by atoms with E-state index in [9.17, 15) is 0 Å². The maximum Gasteiger partial charge on any atom is 0.184 e. The van der Waals surface area contributed by atoms with Gasteiger partial charge >= 0.3 is 0 Å². The Morgan fingerprint density at radius 2 is 1.71 bits per heavy atom. The molecule has 0 N–H and O–H groups in total. The molecule has 1 aromatic rings. The molecule has 17 heavy (non-hydrogen) atoms. The SMILES string of the molecule is CN1CCN(c2nc(Cl)c(Cl)nc2C#N)CC1. The Kier molecular flexibility index (Phi) is 3.67. The summed E-state index contributed by atoms with van der Waals surface area (Å²) in [5, 5.41) is 9.23. The maximum absolute atomic E-state index is 9.03. The molecule has 2 rings (SSSR count). The Bertz CT molecular complexity index is 462. The van der Waals surface area contributed by atoms with Crippen LogP contribution in [-0.2, 0) is 0 Å². The van der Waals surface area contributed by atoms with Gasteiger partial charge in [-0.15, -0.1) is 0 Å². The molecular formula is C10H11Cl2N5. The van der Waals surface area contributed by atoms with Crippen LogP contribution < -0.4 is 4.90 Å². The Labute approximate surface area is 110 Å². The number of aromatic nitrogens is 2. The van der Waals surface area contributed by atoms with E-state index in [4.69, 9.17) is 28.5 Å². The minimum Gasteiger partial charge on any atom is -0.352 e. The van der Waals surface area contributed by atoms with E-state index < -0.39 is 0 Å². The van der Waals surface area contributed by atoms with Crippen LogP contribution in [0, 0.1) is 11.3 Å². The van der Waals surface area contributed by atoms with Gasteiger partial charge in [0.25, 0.3) is 0 Å². The van der Waals surface area contributed by atoms with Crippen LogP contribution in [0.5, 0.6) is 0 Å². The van der Waals surface area contributed by atoms with Crippen LogP contribution in [0.2, 0.25) is 10.3 Å². The first-order valence-electron chi connectivity index (χ1n) is 5.18. The Balaban J connectivity index is 2.32. The van der Waals surface area contributed by atoms with Gasteiger partial charge in [-0.25, -0.2) is 9.97 Å². The van der Waals surface area contributed by atoms with Crippen molar-refractivity contribution in [3.05, 3.63) is 16.0 Å². The van der Waals surface area contributed by atoms with Crippen molar-refractivity contribution in [2.24, 2.45) is 0 Å². The molecule has 0 saturated carbocycles. The van der Waals surface area contributed by atoms with Crippen molar-refractivity contribution in [2.45, 2.75) is 0 Å². The van der Waals surface area contributed by atoms with Crippen molar-refractivity contribution >= 4 is 29.0 Å². The molecule has 0 amide bonds. The van der Waals surface area contributed by atoms with Gasteiger partial charge in [0.05, 0.1) is 0 Å². The average Bonchev–Trinajstić information content (AvgIpc) is 2.33. The number of hydrogen-bond acceptors (Lipinski definition) is 5. The minimum absolute atomic E-state index is 0.0705. The van der Waals surface area contributed by atoms with Crippen LogP contribution in [0.15, 0.2) is 0 Å². The normalized spacial score (nSPS) is 16.9. The number of piperazine rings is 1. The summed E-state index contributed by atoms with van der Waals surface area (Å²) in [4.78, 5) is 12.3. The van der Waals surface area contributed by atoms with E-state index in [-0.39, 0.29) is 16.0 Å². The lowest BCUT2D eigenvalue weighted by Crippen LogP contribution is -2.45. The summed E-state index contributed by atoms with van der Waals surface area (Å²) in [5.41, 5.74) is 0.226. The molecule has 0 unspecified atom stereocenters.